The third kappa shape index (κ3) is 2.81. The predicted octanol–water partition coefficient (Wildman–Crippen LogP) is 2.27. The Hall–Kier alpha value is -1.35. The molecule has 1 saturated carbocycles. The van der Waals surface area contributed by atoms with E-state index in [2.05, 4.69) is 30.4 Å². The molecule has 1 aromatic carbocycles. The van der Waals surface area contributed by atoms with Crippen molar-refractivity contribution in [1.29, 1.82) is 0 Å². The zero-order chi connectivity index (χ0) is 13.2. The van der Waals surface area contributed by atoms with Gasteiger partial charge in [-0.2, -0.15) is 0 Å². The fourth-order valence-electron chi connectivity index (χ4n) is 2.90. The van der Waals surface area contributed by atoms with Gasteiger partial charge in [0.2, 0.25) is 5.91 Å². The molecule has 3 heteroatoms. The van der Waals surface area contributed by atoms with Crippen LogP contribution in [0, 0.1) is 12.8 Å². The smallest absolute Gasteiger partial charge is 0.240 e. The number of nitrogens with one attached hydrogen (secondary N) is 1. The number of anilines is 1. The second kappa shape index (κ2) is 5.33. The van der Waals surface area contributed by atoms with E-state index in [0.717, 1.165) is 37.5 Å². The van der Waals surface area contributed by atoms with Crippen molar-refractivity contribution in [2.45, 2.75) is 32.6 Å². The highest BCUT2D eigenvalue weighted by Gasteiger charge is 2.25. The maximum absolute atomic E-state index is 12.4. The average Bonchev–Trinajstić information content (AvgIpc) is 3.22. The number of hydrogen-bond donors (Lipinski definition) is 1. The predicted molar refractivity (Wildman–Crippen MR) is 77.4 cm³/mol. The fraction of sp³-hybridized carbons (Fsp3) is 0.562. The first-order valence-corrected chi connectivity index (χ1v) is 7.35. The number of carbonyl (C=O) groups excluding carboxylic acids is 1. The zero-order valence-corrected chi connectivity index (χ0v) is 11.6. The Bertz CT molecular complexity index is 480. The molecule has 0 aromatic heterocycles. The monoisotopic (exact) mass is 258 g/mol. The summed E-state index contributed by atoms with van der Waals surface area (Å²) >= 11 is 0. The van der Waals surface area contributed by atoms with E-state index in [-0.39, 0.29) is 5.91 Å². The van der Waals surface area contributed by atoms with E-state index >= 15 is 0 Å². The zero-order valence-electron chi connectivity index (χ0n) is 11.6. The number of fused-ring (bicyclic) bond motifs is 1. The summed E-state index contributed by atoms with van der Waals surface area (Å²) in [6.45, 7) is 4.44. The Morgan fingerprint density at radius 3 is 3.05 bits per heavy atom. The van der Waals surface area contributed by atoms with Crippen LogP contribution in [0.5, 0.6) is 0 Å². The van der Waals surface area contributed by atoms with Gasteiger partial charge in [0, 0.05) is 12.2 Å². The number of nitrogens with zero attached hydrogens (tertiary/aromatic N) is 1. The Morgan fingerprint density at radius 1 is 1.42 bits per heavy atom. The third-order valence-corrected chi connectivity index (χ3v) is 4.13. The summed E-state index contributed by atoms with van der Waals surface area (Å²) in [5, 5.41) is 3.30. The van der Waals surface area contributed by atoms with Crippen molar-refractivity contribution < 1.29 is 4.79 Å². The topological polar surface area (TPSA) is 32.3 Å². The number of carbonyl (C=O) groups is 1. The molecule has 2 aliphatic rings. The van der Waals surface area contributed by atoms with E-state index in [4.69, 9.17) is 0 Å². The van der Waals surface area contributed by atoms with Gasteiger partial charge in [0.25, 0.3) is 0 Å². The van der Waals surface area contributed by atoms with E-state index in [1.807, 2.05) is 4.90 Å². The van der Waals surface area contributed by atoms with Crippen LogP contribution >= 0.6 is 0 Å². The molecule has 3 nitrogen and oxygen atoms in total. The quantitative estimate of drug-likeness (QED) is 0.898. The van der Waals surface area contributed by atoms with Crippen molar-refractivity contribution in [1.82, 2.24) is 5.32 Å². The lowest BCUT2D eigenvalue weighted by Gasteiger charge is -2.31. The van der Waals surface area contributed by atoms with Crippen LogP contribution in [0.3, 0.4) is 0 Å². The van der Waals surface area contributed by atoms with Crippen LogP contribution < -0.4 is 10.2 Å². The summed E-state index contributed by atoms with van der Waals surface area (Å²) < 4.78 is 0. The molecule has 102 valence electrons. The van der Waals surface area contributed by atoms with Gasteiger partial charge in [-0.15, -0.1) is 0 Å². The molecule has 1 fully saturated rings. The molecule has 1 amide bonds. The van der Waals surface area contributed by atoms with Gasteiger partial charge in [-0.3, -0.25) is 4.79 Å². The van der Waals surface area contributed by atoms with Gasteiger partial charge in [-0.05, 0) is 56.2 Å². The van der Waals surface area contributed by atoms with Crippen LogP contribution in [0.1, 0.15) is 30.4 Å². The molecule has 3 rings (SSSR count). The minimum absolute atomic E-state index is 0.218. The maximum atomic E-state index is 12.4. The van der Waals surface area contributed by atoms with Crippen LogP contribution in [0.25, 0.3) is 0 Å². The maximum Gasteiger partial charge on any atom is 0.240 e. The van der Waals surface area contributed by atoms with E-state index in [9.17, 15) is 4.79 Å². The fourth-order valence-corrected chi connectivity index (χ4v) is 2.90. The molecule has 0 bridgehead atoms. The average molecular weight is 258 g/mol. The molecule has 1 heterocycles. The Labute approximate surface area is 115 Å². The van der Waals surface area contributed by atoms with Crippen molar-refractivity contribution in [2.75, 3.05) is 24.5 Å². The first-order chi connectivity index (χ1) is 9.25. The molecule has 19 heavy (non-hydrogen) atoms. The Kier molecular flexibility index (Phi) is 3.56. The van der Waals surface area contributed by atoms with Crippen molar-refractivity contribution in [3.05, 3.63) is 29.3 Å². The standard InChI is InChI=1S/C16H22N2O/c1-12-4-2-5-14-6-3-9-18(16(12)14)15(19)11-17-10-13-7-8-13/h2,4-5,13,17H,3,6-11H2,1H3. The van der Waals surface area contributed by atoms with E-state index < -0.39 is 0 Å². The highest BCUT2D eigenvalue weighted by Crippen LogP contribution is 2.30. The Balaban J connectivity index is 1.69. The van der Waals surface area contributed by atoms with Gasteiger partial charge >= 0.3 is 0 Å². The van der Waals surface area contributed by atoms with E-state index in [1.165, 1.54) is 24.0 Å². The Morgan fingerprint density at radius 2 is 2.26 bits per heavy atom. The minimum atomic E-state index is 0.218. The van der Waals surface area contributed by atoms with Gasteiger partial charge < -0.3 is 10.2 Å². The molecule has 1 aliphatic carbocycles. The minimum Gasteiger partial charge on any atom is -0.311 e. The molecule has 1 N–H and O–H groups in total. The molecule has 0 saturated heterocycles. The van der Waals surface area contributed by atoms with Crippen LogP contribution in [0.4, 0.5) is 5.69 Å². The lowest BCUT2D eigenvalue weighted by Crippen LogP contribution is -2.42. The van der Waals surface area contributed by atoms with Gasteiger partial charge in [0.05, 0.1) is 6.54 Å². The second-order valence-electron chi connectivity index (χ2n) is 5.81. The normalized spacial score (nSPS) is 18.3. The molecular formula is C16H22N2O. The summed E-state index contributed by atoms with van der Waals surface area (Å²) in [5.74, 6) is 1.04. The van der Waals surface area contributed by atoms with Crippen LogP contribution in [-0.2, 0) is 11.2 Å². The van der Waals surface area contributed by atoms with Gasteiger partial charge in [-0.25, -0.2) is 0 Å². The lowest BCUT2D eigenvalue weighted by molar-refractivity contribution is -0.117. The first kappa shape index (κ1) is 12.7. The summed E-state index contributed by atoms with van der Waals surface area (Å²) in [5.41, 5.74) is 3.70. The summed E-state index contributed by atoms with van der Waals surface area (Å²) in [6.07, 6.45) is 4.82. The third-order valence-electron chi connectivity index (χ3n) is 4.13. The molecule has 1 aromatic rings. The first-order valence-electron chi connectivity index (χ1n) is 7.35. The van der Waals surface area contributed by atoms with Crippen LogP contribution in [0.2, 0.25) is 0 Å². The number of aryl methyl sites for hydroxylation is 2. The summed E-state index contributed by atoms with van der Waals surface area (Å²) in [6, 6.07) is 6.34. The number of para-hydroxylation sites is 1. The number of hydrogen-bond acceptors (Lipinski definition) is 2. The second-order valence-corrected chi connectivity index (χ2v) is 5.81. The van der Waals surface area contributed by atoms with Crippen molar-refractivity contribution in [2.24, 2.45) is 5.92 Å². The number of rotatable bonds is 4. The van der Waals surface area contributed by atoms with Crippen molar-refractivity contribution in [3.63, 3.8) is 0 Å². The van der Waals surface area contributed by atoms with Gasteiger partial charge in [-0.1, -0.05) is 18.2 Å². The molecule has 0 atom stereocenters. The SMILES string of the molecule is Cc1cccc2c1N(C(=O)CNCC1CC1)CCC2. The van der Waals surface area contributed by atoms with Gasteiger partial charge in [0.15, 0.2) is 0 Å². The number of benzene rings is 1. The molecule has 0 unspecified atom stereocenters. The molecule has 0 radical (unpaired) electrons. The number of amides is 1. The molecule has 1 aliphatic heterocycles. The lowest BCUT2D eigenvalue weighted by atomic mass is 9.98. The van der Waals surface area contributed by atoms with E-state index in [0.29, 0.717) is 6.54 Å². The largest absolute Gasteiger partial charge is 0.311 e. The summed E-state index contributed by atoms with van der Waals surface area (Å²) in [7, 11) is 0. The highest BCUT2D eigenvalue weighted by molar-refractivity contribution is 5.96. The van der Waals surface area contributed by atoms with Crippen molar-refractivity contribution in [3.8, 4) is 0 Å². The molecular weight excluding hydrogens is 236 g/mol. The highest BCUT2D eigenvalue weighted by atomic mass is 16.2. The summed E-state index contributed by atoms with van der Waals surface area (Å²) in [4.78, 5) is 14.4. The van der Waals surface area contributed by atoms with Crippen LogP contribution in [-0.4, -0.2) is 25.5 Å². The van der Waals surface area contributed by atoms with E-state index in [1.54, 1.807) is 0 Å². The van der Waals surface area contributed by atoms with Crippen molar-refractivity contribution >= 4 is 11.6 Å². The van der Waals surface area contributed by atoms with Gasteiger partial charge in [0.1, 0.15) is 0 Å². The van der Waals surface area contributed by atoms with Crippen LogP contribution in [0.15, 0.2) is 18.2 Å². The molecule has 0 spiro atoms.